The maximum absolute atomic E-state index is 12.3. The van der Waals surface area contributed by atoms with Crippen molar-refractivity contribution in [3.8, 4) is 5.75 Å². The van der Waals surface area contributed by atoms with E-state index < -0.39 is 10.0 Å². The summed E-state index contributed by atoms with van der Waals surface area (Å²) in [6, 6.07) is 23.9. The van der Waals surface area contributed by atoms with E-state index in [-0.39, 0.29) is 19.1 Å². The summed E-state index contributed by atoms with van der Waals surface area (Å²) in [7, 11) is -3.47. The Morgan fingerprint density at radius 1 is 0.909 bits per heavy atom. The van der Waals surface area contributed by atoms with Gasteiger partial charge in [0.05, 0.1) is 18.5 Å². The minimum absolute atomic E-state index is 0.142. The van der Waals surface area contributed by atoms with Gasteiger partial charge in [0, 0.05) is 5.69 Å². The summed E-state index contributed by atoms with van der Waals surface area (Å²) < 4.78 is 31.6. The molecule has 0 aromatic heterocycles. The molecule has 0 atom stereocenters. The van der Waals surface area contributed by atoms with Crippen LogP contribution in [0.4, 0.5) is 11.4 Å². The summed E-state index contributed by atoms with van der Waals surface area (Å²) in [5.74, 6) is 0.221. The molecule has 0 saturated heterocycles. The zero-order valence-electron chi connectivity index (χ0n) is 19.0. The van der Waals surface area contributed by atoms with E-state index in [2.05, 4.69) is 12.2 Å². The lowest BCUT2D eigenvalue weighted by atomic mass is 10.1. The van der Waals surface area contributed by atoms with Gasteiger partial charge in [0.25, 0.3) is 5.91 Å². The zero-order valence-corrected chi connectivity index (χ0v) is 19.8. The maximum atomic E-state index is 12.3. The molecule has 0 aliphatic rings. The Balaban J connectivity index is 1.56. The third-order valence-electron chi connectivity index (χ3n) is 5.12. The fourth-order valence-electron chi connectivity index (χ4n) is 3.34. The van der Waals surface area contributed by atoms with E-state index in [1.54, 1.807) is 24.3 Å². The van der Waals surface area contributed by atoms with Crippen molar-refractivity contribution >= 4 is 27.3 Å². The zero-order chi connectivity index (χ0) is 23.7. The lowest BCUT2D eigenvalue weighted by Crippen LogP contribution is -2.29. The monoisotopic (exact) mass is 466 g/mol. The van der Waals surface area contributed by atoms with Crippen LogP contribution in [0.3, 0.4) is 0 Å². The molecule has 0 radical (unpaired) electrons. The third kappa shape index (κ3) is 7.64. The van der Waals surface area contributed by atoms with E-state index in [1.165, 1.54) is 16.1 Å². The van der Waals surface area contributed by atoms with Gasteiger partial charge >= 0.3 is 0 Å². The second kappa shape index (κ2) is 11.5. The Hall–Kier alpha value is -3.32. The molecule has 0 spiro atoms. The van der Waals surface area contributed by atoms with Crippen molar-refractivity contribution in [1.82, 2.24) is 0 Å². The van der Waals surface area contributed by atoms with Gasteiger partial charge in [-0.05, 0) is 60.4 Å². The van der Waals surface area contributed by atoms with Crippen molar-refractivity contribution in [3.05, 3.63) is 90.0 Å². The summed E-state index contributed by atoms with van der Waals surface area (Å²) >= 11 is 0. The number of nitrogens with one attached hydrogen (secondary N) is 1. The van der Waals surface area contributed by atoms with E-state index in [9.17, 15) is 13.2 Å². The first-order chi connectivity index (χ1) is 15.8. The Morgan fingerprint density at radius 3 is 2.18 bits per heavy atom. The highest BCUT2D eigenvalue weighted by atomic mass is 32.2. The molecule has 1 amide bonds. The van der Waals surface area contributed by atoms with Crippen LogP contribution in [-0.2, 0) is 27.8 Å². The van der Waals surface area contributed by atoms with Crippen molar-refractivity contribution in [1.29, 1.82) is 0 Å². The number of sulfonamides is 1. The molecule has 3 aromatic carbocycles. The molecule has 0 fully saturated rings. The average molecular weight is 467 g/mol. The number of hydrogen-bond acceptors (Lipinski definition) is 4. The molecule has 33 heavy (non-hydrogen) atoms. The maximum Gasteiger partial charge on any atom is 0.262 e. The molecule has 3 rings (SSSR count). The Kier molecular flexibility index (Phi) is 8.49. The topological polar surface area (TPSA) is 75.7 Å². The van der Waals surface area contributed by atoms with Gasteiger partial charge in [-0.25, -0.2) is 8.42 Å². The van der Waals surface area contributed by atoms with Crippen molar-refractivity contribution in [2.45, 2.75) is 32.7 Å². The first kappa shape index (κ1) is 24.3. The van der Waals surface area contributed by atoms with Crippen LogP contribution in [0.2, 0.25) is 0 Å². The summed E-state index contributed by atoms with van der Waals surface area (Å²) in [6.07, 6.45) is 4.51. The number of carbonyl (C=O) groups excluding carboxylic acids is 1. The quantitative estimate of drug-likeness (QED) is 0.431. The van der Waals surface area contributed by atoms with Crippen LogP contribution in [0, 0.1) is 0 Å². The molecule has 0 aliphatic heterocycles. The predicted octanol–water partition coefficient (Wildman–Crippen LogP) is 5.01. The van der Waals surface area contributed by atoms with Crippen LogP contribution >= 0.6 is 0 Å². The lowest BCUT2D eigenvalue weighted by molar-refractivity contribution is -0.118. The average Bonchev–Trinajstić information content (AvgIpc) is 2.81. The second-order valence-corrected chi connectivity index (χ2v) is 9.79. The van der Waals surface area contributed by atoms with Gasteiger partial charge in [-0.15, -0.1) is 0 Å². The number of anilines is 2. The molecule has 174 valence electrons. The Bertz CT molecular complexity index is 1130. The molecule has 0 aliphatic carbocycles. The number of ether oxygens (including phenoxy) is 1. The van der Waals surface area contributed by atoms with Gasteiger partial charge in [0.15, 0.2) is 6.61 Å². The predicted molar refractivity (Wildman–Crippen MR) is 133 cm³/mol. The summed E-state index contributed by atoms with van der Waals surface area (Å²) in [5, 5.41) is 2.82. The molecule has 3 aromatic rings. The number of aryl methyl sites for hydroxylation is 1. The highest BCUT2D eigenvalue weighted by Gasteiger charge is 2.18. The first-order valence-electron chi connectivity index (χ1n) is 11.0. The fourth-order valence-corrected chi connectivity index (χ4v) is 4.23. The minimum atomic E-state index is -3.47. The van der Waals surface area contributed by atoms with Crippen LogP contribution in [0.25, 0.3) is 0 Å². The molecular formula is C26H30N2O4S. The van der Waals surface area contributed by atoms with Crippen molar-refractivity contribution in [3.63, 3.8) is 0 Å². The number of rotatable bonds is 11. The van der Waals surface area contributed by atoms with Gasteiger partial charge in [0.2, 0.25) is 10.0 Å². The van der Waals surface area contributed by atoms with Crippen LogP contribution in [-0.4, -0.2) is 27.2 Å². The largest absolute Gasteiger partial charge is 0.484 e. The number of unbranched alkanes of at least 4 members (excludes halogenated alkanes) is 1. The van der Waals surface area contributed by atoms with E-state index in [4.69, 9.17) is 4.74 Å². The number of amides is 1. The smallest absolute Gasteiger partial charge is 0.262 e. The Morgan fingerprint density at radius 2 is 1.58 bits per heavy atom. The van der Waals surface area contributed by atoms with E-state index in [0.29, 0.717) is 11.4 Å². The van der Waals surface area contributed by atoms with Crippen LogP contribution < -0.4 is 14.4 Å². The molecule has 7 heteroatoms. The second-order valence-electron chi connectivity index (χ2n) is 7.89. The van der Waals surface area contributed by atoms with Gasteiger partial charge in [0.1, 0.15) is 5.75 Å². The normalized spacial score (nSPS) is 11.1. The van der Waals surface area contributed by atoms with Crippen molar-refractivity contribution < 1.29 is 17.9 Å². The molecule has 1 N–H and O–H groups in total. The van der Waals surface area contributed by atoms with Crippen LogP contribution in [0.5, 0.6) is 5.75 Å². The van der Waals surface area contributed by atoms with Crippen molar-refractivity contribution in [2.24, 2.45) is 0 Å². The van der Waals surface area contributed by atoms with E-state index >= 15 is 0 Å². The molecule has 0 bridgehead atoms. The van der Waals surface area contributed by atoms with Crippen molar-refractivity contribution in [2.75, 3.05) is 22.5 Å². The highest BCUT2D eigenvalue weighted by molar-refractivity contribution is 7.92. The van der Waals surface area contributed by atoms with Gasteiger partial charge in [-0.3, -0.25) is 9.10 Å². The number of nitrogens with zero attached hydrogens (tertiary/aromatic N) is 1. The van der Waals surface area contributed by atoms with Crippen LogP contribution in [0.1, 0.15) is 30.9 Å². The summed E-state index contributed by atoms with van der Waals surface area (Å²) in [6.45, 7) is 2.25. The number of hydrogen-bond donors (Lipinski definition) is 1. The van der Waals surface area contributed by atoms with Gasteiger partial charge < -0.3 is 10.1 Å². The third-order valence-corrected chi connectivity index (χ3v) is 6.26. The number of benzene rings is 3. The molecule has 0 heterocycles. The van der Waals surface area contributed by atoms with Gasteiger partial charge in [-0.1, -0.05) is 55.8 Å². The SMILES string of the molecule is CCCCc1ccc(NC(=O)COc2ccc(N(Cc3ccccc3)S(C)(=O)=O)cc2)cc1. The van der Waals surface area contributed by atoms with Gasteiger partial charge in [-0.2, -0.15) is 0 Å². The first-order valence-corrected chi connectivity index (χ1v) is 12.8. The summed E-state index contributed by atoms with van der Waals surface area (Å²) in [4.78, 5) is 12.2. The highest BCUT2D eigenvalue weighted by Crippen LogP contribution is 2.24. The number of carbonyl (C=O) groups is 1. The standard InChI is InChI=1S/C26H30N2O4S/c1-3-4-8-21-11-13-23(14-12-21)27-26(29)20-32-25-17-15-24(16-18-25)28(33(2,30)31)19-22-9-6-5-7-10-22/h5-7,9-18H,3-4,8,19-20H2,1-2H3,(H,27,29). The van der Waals surface area contributed by atoms with E-state index in [0.717, 1.165) is 30.5 Å². The van der Waals surface area contributed by atoms with Crippen LogP contribution in [0.15, 0.2) is 78.9 Å². The minimum Gasteiger partial charge on any atom is -0.484 e. The lowest BCUT2D eigenvalue weighted by Gasteiger charge is -2.22. The fraction of sp³-hybridized carbons (Fsp3) is 0.269. The summed E-state index contributed by atoms with van der Waals surface area (Å²) in [5.41, 5.74) is 3.39. The molecule has 6 nitrogen and oxygen atoms in total. The Labute approximate surface area is 196 Å². The molecule has 0 saturated carbocycles. The van der Waals surface area contributed by atoms with E-state index in [1.807, 2.05) is 54.6 Å². The molecule has 0 unspecified atom stereocenters. The molecular weight excluding hydrogens is 436 g/mol.